The van der Waals surface area contributed by atoms with E-state index in [-0.39, 0.29) is 18.4 Å². The Morgan fingerprint density at radius 1 is 1.05 bits per heavy atom. The van der Waals surface area contributed by atoms with Gasteiger partial charge < -0.3 is 29.8 Å². The van der Waals surface area contributed by atoms with Crippen LogP contribution in [0.1, 0.15) is 46.9 Å². The van der Waals surface area contributed by atoms with E-state index < -0.39 is 11.6 Å². The second-order valence-corrected chi connectivity index (χ2v) is 10.7. The normalized spacial score (nSPS) is 14.3. The Balaban J connectivity index is 1.27. The number of aliphatic hydroxyl groups is 1. The average molecular weight is 578 g/mol. The predicted molar refractivity (Wildman–Crippen MR) is 161 cm³/mol. The Kier molecular flexibility index (Phi) is 7.47. The first-order valence-corrected chi connectivity index (χ1v) is 13.8. The molecule has 0 spiro atoms. The molecule has 0 saturated carbocycles. The molecule has 1 amide bonds. The van der Waals surface area contributed by atoms with Crippen molar-refractivity contribution in [3.05, 3.63) is 108 Å². The first-order valence-electron chi connectivity index (χ1n) is 13.8. The molecule has 1 aliphatic heterocycles. The first kappa shape index (κ1) is 27.9. The Hall–Kier alpha value is -5.29. The van der Waals surface area contributed by atoms with Crippen LogP contribution in [0.15, 0.2) is 89.8 Å². The summed E-state index contributed by atoms with van der Waals surface area (Å²) in [6, 6.07) is 22.5. The largest absolute Gasteiger partial charge is 0.497 e. The lowest BCUT2D eigenvalue weighted by atomic mass is 9.93. The number of ether oxygens (including phenoxy) is 1. The molecule has 0 fully saturated rings. The van der Waals surface area contributed by atoms with Crippen molar-refractivity contribution in [1.82, 2.24) is 25.1 Å². The van der Waals surface area contributed by atoms with E-state index in [0.29, 0.717) is 29.4 Å². The van der Waals surface area contributed by atoms with E-state index in [1.807, 2.05) is 91.5 Å². The summed E-state index contributed by atoms with van der Waals surface area (Å²) in [7, 11) is 1.63. The highest BCUT2D eigenvalue weighted by atomic mass is 16.5. The van der Waals surface area contributed by atoms with E-state index in [9.17, 15) is 9.90 Å². The van der Waals surface area contributed by atoms with Gasteiger partial charge in [0, 0.05) is 24.0 Å². The highest BCUT2D eigenvalue weighted by Gasteiger charge is 2.43. The Labute approximate surface area is 248 Å². The number of rotatable bonds is 10. The molecule has 6 rings (SSSR count). The molecule has 0 bridgehead atoms. The average Bonchev–Trinajstić information content (AvgIpc) is 3.63. The van der Waals surface area contributed by atoms with E-state index in [2.05, 4.69) is 25.8 Å². The Morgan fingerprint density at radius 3 is 2.53 bits per heavy atom. The number of nitrogens with one attached hydrogen (secondary N) is 2. The topological polar surface area (TPSA) is 139 Å². The number of hydrogen-bond donors (Lipinski definition) is 3. The maximum atomic E-state index is 13.5. The van der Waals surface area contributed by atoms with Crippen molar-refractivity contribution < 1.29 is 19.1 Å². The molecular formula is C32H31N7O4. The molecule has 0 unspecified atom stereocenters. The van der Waals surface area contributed by atoms with E-state index in [1.54, 1.807) is 13.3 Å². The van der Waals surface area contributed by atoms with Gasteiger partial charge in [0.2, 0.25) is 12.3 Å². The van der Waals surface area contributed by atoms with Crippen LogP contribution in [0.2, 0.25) is 0 Å². The summed E-state index contributed by atoms with van der Waals surface area (Å²) in [5, 5.41) is 24.5. The summed E-state index contributed by atoms with van der Waals surface area (Å²) in [5.74, 6) is 1.71. The minimum absolute atomic E-state index is 0.0232. The predicted octanol–water partition coefficient (Wildman–Crippen LogP) is 5.32. The zero-order chi connectivity index (χ0) is 30.0. The van der Waals surface area contributed by atoms with Crippen molar-refractivity contribution in [2.75, 3.05) is 24.4 Å². The van der Waals surface area contributed by atoms with E-state index in [4.69, 9.17) is 14.1 Å². The minimum atomic E-state index is -0.552. The standard InChI is InChI=1S/C32H31N7O4/c1-32(2)26-15-22(11-14-24(26)30(41)39(32)17-20-9-12-23(42-3)13-10-20)35-31-33-16-25(29-38-34-19-43-29)28(37-31)36-27(18-40)21-7-5-4-6-8-21/h4-16,19,27,40H,17-18H2,1-3H3,(H2,33,35,36,37)/t27-/m1/s1. The van der Waals surface area contributed by atoms with E-state index in [1.165, 1.54) is 6.39 Å². The summed E-state index contributed by atoms with van der Waals surface area (Å²) < 4.78 is 10.7. The molecule has 2 aromatic heterocycles. The van der Waals surface area contributed by atoms with Crippen LogP contribution in [0.5, 0.6) is 5.75 Å². The van der Waals surface area contributed by atoms with Gasteiger partial charge in [-0.25, -0.2) is 4.98 Å². The van der Waals surface area contributed by atoms with Crippen molar-refractivity contribution in [2.24, 2.45) is 0 Å². The zero-order valence-electron chi connectivity index (χ0n) is 24.0. The molecule has 3 aromatic carbocycles. The molecule has 11 heteroatoms. The lowest BCUT2D eigenvalue weighted by Gasteiger charge is -2.32. The number of fused-ring (bicyclic) bond motifs is 1. The molecule has 218 valence electrons. The van der Waals surface area contributed by atoms with Crippen LogP contribution in [0.25, 0.3) is 11.5 Å². The third kappa shape index (κ3) is 5.50. The molecular weight excluding hydrogens is 546 g/mol. The molecule has 3 N–H and O–H groups in total. The number of aliphatic hydroxyl groups excluding tert-OH is 1. The van der Waals surface area contributed by atoms with Gasteiger partial charge in [-0.3, -0.25) is 4.79 Å². The molecule has 1 atom stereocenters. The Morgan fingerprint density at radius 2 is 1.84 bits per heavy atom. The third-order valence-electron chi connectivity index (χ3n) is 7.66. The smallest absolute Gasteiger partial charge is 0.255 e. The lowest BCUT2D eigenvalue weighted by Crippen LogP contribution is -2.38. The van der Waals surface area contributed by atoms with Crippen molar-refractivity contribution in [3.63, 3.8) is 0 Å². The van der Waals surface area contributed by atoms with Crippen molar-refractivity contribution >= 4 is 23.4 Å². The number of benzene rings is 3. The zero-order valence-corrected chi connectivity index (χ0v) is 24.0. The van der Waals surface area contributed by atoms with Gasteiger partial charge in [0.1, 0.15) is 11.6 Å². The third-order valence-corrected chi connectivity index (χ3v) is 7.66. The van der Waals surface area contributed by atoms with Gasteiger partial charge in [0.25, 0.3) is 11.8 Å². The van der Waals surface area contributed by atoms with Crippen molar-refractivity contribution in [2.45, 2.75) is 32.0 Å². The fraction of sp³-hybridized carbons (Fsp3) is 0.219. The number of carbonyl (C=O) groups is 1. The molecule has 5 aromatic rings. The molecule has 1 aliphatic rings. The van der Waals surface area contributed by atoms with E-state index >= 15 is 0 Å². The molecule has 0 saturated heterocycles. The van der Waals surface area contributed by atoms with Crippen LogP contribution in [0.3, 0.4) is 0 Å². The molecule has 0 aliphatic carbocycles. The summed E-state index contributed by atoms with van der Waals surface area (Å²) in [6.07, 6.45) is 2.82. The number of anilines is 3. The highest BCUT2D eigenvalue weighted by Crippen LogP contribution is 2.41. The van der Waals surface area contributed by atoms with Crippen LogP contribution in [-0.2, 0) is 12.1 Å². The fourth-order valence-corrected chi connectivity index (χ4v) is 5.26. The van der Waals surface area contributed by atoms with Crippen LogP contribution in [-0.4, -0.2) is 49.8 Å². The number of methoxy groups -OCH3 is 1. The maximum absolute atomic E-state index is 13.5. The van der Waals surface area contributed by atoms with Gasteiger partial charge in [-0.2, -0.15) is 4.98 Å². The van der Waals surface area contributed by atoms with E-state index in [0.717, 1.165) is 28.1 Å². The van der Waals surface area contributed by atoms with Gasteiger partial charge >= 0.3 is 0 Å². The molecule has 0 radical (unpaired) electrons. The molecule has 43 heavy (non-hydrogen) atoms. The monoisotopic (exact) mass is 577 g/mol. The van der Waals surface area contributed by atoms with Crippen molar-refractivity contribution in [3.8, 4) is 17.2 Å². The number of nitrogens with zero attached hydrogens (tertiary/aromatic N) is 5. The number of aromatic nitrogens is 4. The van der Waals surface area contributed by atoms with Gasteiger partial charge in [-0.1, -0.05) is 42.5 Å². The van der Waals surface area contributed by atoms with Gasteiger partial charge in [-0.05, 0) is 60.9 Å². The maximum Gasteiger partial charge on any atom is 0.255 e. The molecule has 11 nitrogen and oxygen atoms in total. The van der Waals surface area contributed by atoms with Crippen LogP contribution in [0, 0.1) is 0 Å². The highest BCUT2D eigenvalue weighted by molar-refractivity contribution is 6.00. The van der Waals surface area contributed by atoms with Crippen LogP contribution < -0.4 is 15.4 Å². The number of hydrogen-bond acceptors (Lipinski definition) is 10. The summed E-state index contributed by atoms with van der Waals surface area (Å²) >= 11 is 0. The quantitative estimate of drug-likeness (QED) is 0.200. The van der Waals surface area contributed by atoms with Gasteiger partial charge in [0.15, 0.2) is 0 Å². The summed E-state index contributed by atoms with van der Waals surface area (Å²) in [6.45, 7) is 4.39. The number of carbonyl (C=O) groups excluding carboxylic acids is 1. The van der Waals surface area contributed by atoms with Gasteiger partial charge in [-0.15, -0.1) is 10.2 Å². The van der Waals surface area contributed by atoms with Gasteiger partial charge in [0.05, 0.1) is 30.9 Å². The van der Waals surface area contributed by atoms with Crippen molar-refractivity contribution in [1.29, 1.82) is 0 Å². The second kappa shape index (κ2) is 11.5. The summed E-state index contributed by atoms with van der Waals surface area (Å²) in [5.41, 5.74) is 4.13. The summed E-state index contributed by atoms with van der Waals surface area (Å²) in [4.78, 5) is 24.5. The minimum Gasteiger partial charge on any atom is -0.497 e. The number of amides is 1. The SMILES string of the molecule is COc1ccc(CN2C(=O)c3ccc(Nc4ncc(-c5nnco5)c(N[C@H](CO)c5ccccc5)n4)cc3C2(C)C)cc1. The lowest BCUT2D eigenvalue weighted by molar-refractivity contribution is 0.0595. The second-order valence-electron chi connectivity index (χ2n) is 10.7. The fourth-order valence-electron chi connectivity index (χ4n) is 5.26. The first-order chi connectivity index (χ1) is 20.9. The van der Waals surface area contributed by atoms with Crippen LogP contribution in [0.4, 0.5) is 17.5 Å². The molecule has 3 heterocycles. The van der Waals surface area contributed by atoms with Crippen LogP contribution >= 0.6 is 0 Å². The Bertz CT molecular complexity index is 1730.